The van der Waals surface area contributed by atoms with Crippen molar-refractivity contribution in [3.8, 4) is 0 Å². The van der Waals surface area contributed by atoms with E-state index >= 15 is 0 Å². The fraction of sp³-hybridized carbons (Fsp3) is 0.538. The fourth-order valence-corrected chi connectivity index (χ4v) is 1.75. The van der Waals surface area contributed by atoms with E-state index in [1.54, 1.807) is 12.2 Å². The van der Waals surface area contributed by atoms with Crippen LogP contribution in [0.3, 0.4) is 0 Å². The van der Waals surface area contributed by atoms with Crippen molar-refractivity contribution >= 4 is 0 Å². The van der Waals surface area contributed by atoms with E-state index in [0.717, 1.165) is 5.57 Å². The van der Waals surface area contributed by atoms with Crippen LogP contribution in [0, 0.1) is 0 Å². The lowest BCUT2D eigenvalue weighted by molar-refractivity contribution is -0.269. The monoisotopic (exact) mass is 252 g/mol. The summed E-state index contributed by atoms with van der Waals surface area (Å²) < 4.78 is 10.5. The quantitative estimate of drug-likeness (QED) is 0.595. The average molecular weight is 252 g/mol. The molecular weight excluding hydrogens is 236 g/mol. The van der Waals surface area contributed by atoms with Gasteiger partial charge in [-0.15, -0.1) is 0 Å². The zero-order valence-corrected chi connectivity index (χ0v) is 9.82. The molecule has 0 amide bonds. The van der Waals surface area contributed by atoms with Crippen LogP contribution in [-0.2, 0) is 9.47 Å². The van der Waals surface area contributed by atoms with Gasteiger partial charge in [-0.2, -0.15) is 0 Å². The van der Waals surface area contributed by atoms with Crippen molar-refractivity contribution in [2.75, 3.05) is 13.2 Å². The zero-order valence-electron chi connectivity index (χ0n) is 9.82. The van der Waals surface area contributed by atoms with Crippen LogP contribution >= 0.6 is 0 Å². The summed E-state index contributed by atoms with van der Waals surface area (Å²) in [7, 11) is 0. The number of allylic oxidation sites excluding steroid dienone is 3. The van der Waals surface area contributed by atoms with Crippen LogP contribution in [0.25, 0.3) is 0 Å². The molecule has 0 saturated carbocycles. The van der Waals surface area contributed by atoms with Gasteiger partial charge < -0.3 is 24.8 Å². The molecule has 2 rings (SSSR count). The van der Waals surface area contributed by atoms with Gasteiger partial charge in [-0.3, -0.25) is 0 Å². The summed E-state index contributed by atoms with van der Waals surface area (Å²) >= 11 is 0. The van der Waals surface area contributed by atoms with Gasteiger partial charge in [-0.05, 0) is 30.2 Å². The van der Waals surface area contributed by atoms with E-state index in [9.17, 15) is 15.3 Å². The molecule has 18 heavy (non-hydrogen) atoms. The fourth-order valence-electron chi connectivity index (χ4n) is 1.75. The van der Waals surface area contributed by atoms with Gasteiger partial charge in [0.1, 0.15) is 18.3 Å². The van der Waals surface area contributed by atoms with Crippen LogP contribution in [0.5, 0.6) is 0 Å². The molecule has 1 unspecified atom stereocenters. The molecule has 98 valence electrons. The summed E-state index contributed by atoms with van der Waals surface area (Å²) in [5.41, 5.74) is 6.68. The molecule has 0 aromatic rings. The molecule has 4 atom stereocenters. The SMILES string of the molecule is O[C@H]1[C@H](O)COC(OCCC2=CC=C=C=C2)[C@@H]1O. The Labute approximate surface area is 105 Å². The maximum absolute atomic E-state index is 9.63. The van der Waals surface area contributed by atoms with Crippen molar-refractivity contribution in [1.82, 2.24) is 0 Å². The summed E-state index contributed by atoms with van der Waals surface area (Å²) in [6.45, 7) is 0.305. The maximum Gasteiger partial charge on any atom is 0.186 e. The first kappa shape index (κ1) is 13.3. The number of aliphatic hydroxyl groups is 3. The molecular formula is C13H16O5. The Hall–Kier alpha value is -1.16. The van der Waals surface area contributed by atoms with Gasteiger partial charge in [0, 0.05) is 0 Å². The highest BCUT2D eigenvalue weighted by Gasteiger charge is 2.37. The molecule has 1 saturated heterocycles. The van der Waals surface area contributed by atoms with E-state index in [-0.39, 0.29) is 6.61 Å². The maximum atomic E-state index is 9.63. The Morgan fingerprint density at radius 3 is 2.83 bits per heavy atom. The number of ether oxygens (including phenoxy) is 2. The van der Waals surface area contributed by atoms with E-state index in [1.165, 1.54) is 0 Å². The molecule has 1 fully saturated rings. The average Bonchev–Trinajstić information content (AvgIpc) is 2.40. The summed E-state index contributed by atoms with van der Waals surface area (Å²) in [5, 5.41) is 28.4. The minimum absolute atomic E-state index is 0.0447. The highest BCUT2D eigenvalue weighted by Crippen LogP contribution is 2.17. The van der Waals surface area contributed by atoms with Crippen LogP contribution < -0.4 is 0 Å². The van der Waals surface area contributed by atoms with Crippen molar-refractivity contribution < 1.29 is 24.8 Å². The summed E-state index contributed by atoms with van der Waals surface area (Å²) in [4.78, 5) is 0. The van der Waals surface area contributed by atoms with Gasteiger partial charge in [0.15, 0.2) is 6.29 Å². The first-order valence-electron chi connectivity index (χ1n) is 5.82. The molecule has 3 N–H and O–H groups in total. The number of aliphatic hydroxyl groups excluding tert-OH is 3. The molecule has 1 heterocycles. The second-order valence-corrected chi connectivity index (χ2v) is 4.21. The van der Waals surface area contributed by atoms with Crippen molar-refractivity contribution in [2.45, 2.75) is 31.0 Å². The molecule has 0 bridgehead atoms. The summed E-state index contributed by atoms with van der Waals surface area (Å²) in [6.07, 6.45) is 1.68. The van der Waals surface area contributed by atoms with Crippen LogP contribution in [0.15, 0.2) is 35.3 Å². The summed E-state index contributed by atoms with van der Waals surface area (Å²) in [5.74, 6) is 0. The molecule has 0 aromatic carbocycles. The normalized spacial score (nSPS) is 34.7. The Morgan fingerprint density at radius 1 is 1.28 bits per heavy atom. The Kier molecular flexibility index (Phi) is 4.53. The molecule has 1 aliphatic carbocycles. The largest absolute Gasteiger partial charge is 0.388 e. The molecule has 2 aliphatic rings. The Bertz CT molecular complexity index is 415. The lowest BCUT2D eigenvalue weighted by atomic mass is 10.1. The molecule has 1 aliphatic heterocycles. The van der Waals surface area contributed by atoms with Crippen LogP contribution in [0.2, 0.25) is 0 Å². The van der Waals surface area contributed by atoms with Gasteiger partial charge in [-0.25, -0.2) is 0 Å². The highest BCUT2D eigenvalue weighted by atomic mass is 16.7. The van der Waals surface area contributed by atoms with E-state index in [2.05, 4.69) is 11.5 Å². The topological polar surface area (TPSA) is 79.2 Å². The third-order valence-electron chi connectivity index (χ3n) is 2.85. The van der Waals surface area contributed by atoms with Crippen molar-refractivity contribution in [2.24, 2.45) is 0 Å². The third kappa shape index (κ3) is 3.19. The predicted octanol–water partition coefficient (Wildman–Crippen LogP) is -0.362. The number of hydrogen-bond donors (Lipinski definition) is 3. The van der Waals surface area contributed by atoms with Crippen molar-refractivity contribution in [1.29, 1.82) is 0 Å². The van der Waals surface area contributed by atoms with Gasteiger partial charge in [-0.1, -0.05) is 11.5 Å². The Morgan fingerprint density at radius 2 is 2.11 bits per heavy atom. The molecule has 5 heteroatoms. The Balaban J connectivity index is 1.75. The van der Waals surface area contributed by atoms with Crippen LogP contribution in [0.4, 0.5) is 0 Å². The highest BCUT2D eigenvalue weighted by molar-refractivity contribution is 5.26. The van der Waals surface area contributed by atoms with E-state index in [1.807, 2.05) is 6.08 Å². The van der Waals surface area contributed by atoms with Crippen LogP contribution in [0.1, 0.15) is 6.42 Å². The second-order valence-electron chi connectivity index (χ2n) is 4.21. The van der Waals surface area contributed by atoms with Crippen molar-refractivity contribution in [3.05, 3.63) is 35.3 Å². The third-order valence-corrected chi connectivity index (χ3v) is 2.85. The van der Waals surface area contributed by atoms with Gasteiger partial charge in [0.25, 0.3) is 0 Å². The summed E-state index contributed by atoms with van der Waals surface area (Å²) in [6, 6.07) is 0. The minimum Gasteiger partial charge on any atom is -0.388 e. The zero-order chi connectivity index (χ0) is 13.0. The smallest absolute Gasteiger partial charge is 0.186 e. The standard InChI is InChI=1S/C13H16O5/c14-10-8-18-13(12(16)11(10)15)17-7-6-9-4-2-1-3-5-9/h2,4-5,10-16H,6-8H2/t10-,11+,12-,13?/m1/s1. The van der Waals surface area contributed by atoms with E-state index in [4.69, 9.17) is 9.47 Å². The molecule has 0 radical (unpaired) electrons. The molecule has 0 aromatic heterocycles. The second kappa shape index (κ2) is 6.14. The van der Waals surface area contributed by atoms with Crippen molar-refractivity contribution in [3.63, 3.8) is 0 Å². The van der Waals surface area contributed by atoms with Crippen LogP contribution in [-0.4, -0.2) is 53.1 Å². The van der Waals surface area contributed by atoms with E-state index < -0.39 is 24.6 Å². The molecule has 0 spiro atoms. The minimum atomic E-state index is -1.23. The first-order valence-corrected chi connectivity index (χ1v) is 5.82. The lowest BCUT2D eigenvalue weighted by Crippen LogP contribution is -2.53. The first-order chi connectivity index (χ1) is 8.68. The van der Waals surface area contributed by atoms with Gasteiger partial charge in [0.05, 0.1) is 13.2 Å². The number of hydrogen-bond acceptors (Lipinski definition) is 5. The lowest BCUT2D eigenvalue weighted by Gasteiger charge is -2.34. The molecule has 5 nitrogen and oxygen atoms in total. The van der Waals surface area contributed by atoms with Gasteiger partial charge in [0.2, 0.25) is 0 Å². The number of rotatable bonds is 4. The van der Waals surface area contributed by atoms with Gasteiger partial charge >= 0.3 is 0 Å². The van der Waals surface area contributed by atoms with E-state index in [0.29, 0.717) is 13.0 Å². The predicted molar refractivity (Wildman–Crippen MR) is 62.6 cm³/mol.